The number of hydrogen-bond donors (Lipinski definition) is 1. The number of nitrogens with zero attached hydrogens (tertiary/aromatic N) is 1. The van der Waals surface area contributed by atoms with E-state index in [0.29, 0.717) is 35.4 Å². The van der Waals surface area contributed by atoms with Gasteiger partial charge in [0, 0.05) is 31.2 Å². The highest BCUT2D eigenvalue weighted by atomic mass is 16.5. The summed E-state index contributed by atoms with van der Waals surface area (Å²) >= 11 is 0. The number of carbonyl (C=O) groups is 1. The van der Waals surface area contributed by atoms with Gasteiger partial charge < -0.3 is 28.8 Å². The molecule has 2 heterocycles. The molecule has 1 aliphatic heterocycles. The van der Waals surface area contributed by atoms with Crippen molar-refractivity contribution in [1.29, 1.82) is 0 Å². The van der Waals surface area contributed by atoms with Gasteiger partial charge in [0.1, 0.15) is 6.26 Å². The van der Waals surface area contributed by atoms with Crippen LogP contribution in [0.4, 0.5) is 0 Å². The zero-order chi connectivity index (χ0) is 19.2. The normalized spacial score (nSPS) is 14.9. The molecule has 146 valence electrons. The third-order valence-corrected chi connectivity index (χ3v) is 4.92. The first-order valence-corrected chi connectivity index (χ1v) is 9.00. The van der Waals surface area contributed by atoms with Crippen molar-refractivity contribution in [2.24, 2.45) is 0 Å². The Kier molecular flexibility index (Phi) is 6.24. The largest absolute Gasteiger partial charge is 0.493 e. The number of methoxy groups -OCH3 is 3. The number of nitrogens with one attached hydrogen (secondary N) is 1. The van der Waals surface area contributed by atoms with Gasteiger partial charge in [-0.3, -0.25) is 4.79 Å². The van der Waals surface area contributed by atoms with E-state index in [1.807, 2.05) is 17.0 Å². The number of carbonyl (C=O) groups excluding carboxylic acids is 1. The summed E-state index contributed by atoms with van der Waals surface area (Å²) < 4.78 is 21.3. The summed E-state index contributed by atoms with van der Waals surface area (Å²) in [6, 6.07) is 5.90. The fourth-order valence-electron chi connectivity index (χ4n) is 3.41. The van der Waals surface area contributed by atoms with E-state index >= 15 is 0 Å². The minimum absolute atomic E-state index is 0.0313. The van der Waals surface area contributed by atoms with Gasteiger partial charge in [0.15, 0.2) is 11.5 Å². The molecule has 1 aliphatic rings. The van der Waals surface area contributed by atoms with Crippen molar-refractivity contribution in [3.8, 4) is 17.2 Å². The van der Waals surface area contributed by atoms with Crippen LogP contribution >= 0.6 is 0 Å². The van der Waals surface area contributed by atoms with Crippen LogP contribution in [-0.2, 0) is 6.54 Å². The van der Waals surface area contributed by atoms with Crippen LogP contribution in [0.2, 0.25) is 0 Å². The molecule has 1 aromatic heterocycles. The third-order valence-electron chi connectivity index (χ3n) is 4.92. The van der Waals surface area contributed by atoms with Gasteiger partial charge in [-0.1, -0.05) is 6.07 Å². The molecule has 1 N–H and O–H groups in total. The molecule has 7 heteroatoms. The van der Waals surface area contributed by atoms with Gasteiger partial charge in [-0.05, 0) is 25.0 Å². The lowest BCUT2D eigenvalue weighted by Crippen LogP contribution is -2.44. The van der Waals surface area contributed by atoms with E-state index in [1.165, 1.54) is 12.5 Å². The smallest absolute Gasteiger partial charge is 0.257 e. The summed E-state index contributed by atoms with van der Waals surface area (Å²) in [5.41, 5.74) is 1.61. The SMILES string of the molecule is COc1ccc(CNC2CCN(C(=O)c3ccoc3)CC2)c(OC)c1OC. The Morgan fingerprint density at radius 1 is 1.11 bits per heavy atom. The van der Waals surface area contributed by atoms with Crippen molar-refractivity contribution in [2.75, 3.05) is 34.4 Å². The average Bonchev–Trinajstić information content (AvgIpc) is 3.26. The topological polar surface area (TPSA) is 73.2 Å². The molecule has 1 saturated heterocycles. The van der Waals surface area contributed by atoms with E-state index in [9.17, 15) is 4.79 Å². The molecule has 27 heavy (non-hydrogen) atoms. The highest BCUT2D eigenvalue weighted by Crippen LogP contribution is 2.39. The third kappa shape index (κ3) is 4.19. The van der Waals surface area contributed by atoms with Crippen molar-refractivity contribution in [3.63, 3.8) is 0 Å². The fourth-order valence-corrected chi connectivity index (χ4v) is 3.41. The molecule has 7 nitrogen and oxygen atoms in total. The summed E-state index contributed by atoms with van der Waals surface area (Å²) in [6.07, 6.45) is 4.83. The first kappa shape index (κ1) is 19.1. The predicted molar refractivity (Wildman–Crippen MR) is 101 cm³/mol. The van der Waals surface area contributed by atoms with Gasteiger partial charge >= 0.3 is 0 Å². The molecule has 0 atom stereocenters. The minimum atomic E-state index is 0.0313. The number of piperidine rings is 1. The summed E-state index contributed by atoms with van der Waals surface area (Å²) in [6.45, 7) is 2.11. The minimum Gasteiger partial charge on any atom is -0.493 e. The highest BCUT2D eigenvalue weighted by molar-refractivity contribution is 5.93. The van der Waals surface area contributed by atoms with Crippen LogP contribution < -0.4 is 19.5 Å². The average molecular weight is 374 g/mol. The summed E-state index contributed by atoms with van der Waals surface area (Å²) in [4.78, 5) is 14.2. The molecule has 0 unspecified atom stereocenters. The van der Waals surface area contributed by atoms with Gasteiger partial charge in [0.05, 0.1) is 33.2 Å². The molecule has 0 radical (unpaired) electrons. The van der Waals surface area contributed by atoms with Crippen LogP contribution in [0.25, 0.3) is 0 Å². The first-order chi connectivity index (χ1) is 13.2. The number of benzene rings is 1. The second kappa shape index (κ2) is 8.81. The van der Waals surface area contributed by atoms with E-state index in [1.54, 1.807) is 27.4 Å². The van der Waals surface area contributed by atoms with E-state index in [4.69, 9.17) is 18.6 Å². The summed E-state index contributed by atoms with van der Waals surface area (Å²) in [5, 5.41) is 3.56. The number of hydrogen-bond acceptors (Lipinski definition) is 6. The molecule has 3 rings (SSSR count). The lowest BCUT2D eigenvalue weighted by atomic mass is 10.0. The zero-order valence-electron chi connectivity index (χ0n) is 16.0. The number of rotatable bonds is 7. The van der Waals surface area contributed by atoms with Crippen LogP contribution in [-0.4, -0.2) is 51.3 Å². The number of furan rings is 1. The summed E-state index contributed by atoms with van der Waals surface area (Å²) in [7, 11) is 4.83. The van der Waals surface area contributed by atoms with Crippen LogP contribution in [0, 0.1) is 0 Å². The summed E-state index contributed by atoms with van der Waals surface area (Å²) in [5.74, 6) is 1.95. The second-order valence-electron chi connectivity index (χ2n) is 6.45. The molecule has 0 spiro atoms. The zero-order valence-corrected chi connectivity index (χ0v) is 16.0. The quantitative estimate of drug-likeness (QED) is 0.803. The van der Waals surface area contributed by atoms with E-state index in [0.717, 1.165) is 31.5 Å². The Hall–Kier alpha value is -2.67. The van der Waals surface area contributed by atoms with Gasteiger partial charge in [-0.25, -0.2) is 0 Å². The Morgan fingerprint density at radius 2 is 1.85 bits per heavy atom. The Bertz CT molecular complexity index is 752. The van der Waals surface area contributed by atoms with Gasteiger partial charge in [0.25, 0.3) is 5.91 Å². The van der Waals surface area contributed by atoms with Gasteiger partial charge in [0.2, 0.25) is 5.75 Å². The maximum Gasteiger partial charge on any atom is 0.257 e. The molecule has 2 aromatic rings. The molecule has 0 aliphatic carbocycles. The first-order valence-electron chi connectivity index (χ1n) is 9.00. The Morgan fingerprint density at radius 3 is 2.44 bits per heavy atom. The number of ether oxygens (including phenoxy) is 3. The van der Waals surface area contributed by atoms with E-state index in [-0.39, 0.29) is 5.91 Å². The predicted octanol–water partition coefficient (Wildman–Crippen LogP) is 2.70. The molecule has 1 fully saturated rings. The number of likely N-dealkylation sites (tertiary alicyclic amines) is 1. The Balaban J connectivity index is 1.57. The molecular formula is C20H26N2O5. The van der Waals surface area contributed by atoms with Crippen molar-refractivity contribution >= 4 is 5.91 Å². The van der Waals surface area contributed by atoms with Crippen LogP contribution in [0.1, 0.15) is 28.8 Å². The van der Waals surface area contributed by atoms with Crippen molar-refractivity contribution in [2.45, 2.75) is 25.4 Å². The highest BCUT2D eigenvalue weighted by Gasteiger charge is 2.24. The van der Waals surface area contributed by atoms with Crippen LogP contribution in [0.15, 0.2) is 35.1 Å². The molecular weight excluding hydrogens is 348 g/mol. The molecule has 1 aromatic carbocycles. The molecule has 0 saturated carbocycles. The van der Waals surface area contributed by atoms with Crippen molar-refractivity contribution < 1.29 is 23.4 Å². The van der Waals surface area contributed by atoms with E-state index in [2.05, 4.69) is 5.32 Å². The van der Waals surface area contributed by atoms with Crippen molar-refractivity contribution in [3.05, 3.63) is 41.9 Å². The van der Waals surface area contributed by atoms with Gasteiger partial charge in [-0.2, -0.15) is 0 Å². The standard InChI is InChI=1S/C20H26N2O5/c1-24-17-5-4-14(18(25-2)19(17)26-3)12-21-16-6-9-22(10-7-16)20(23)15-8-11-27-13-15/h4-5,8,11,13,16,21H,6-7,9-10,12H2,1-3H3. The van der Waals surface area contributed by atoms with E-state index < -0.39 is 0 Å². The second-order valence-corrected chi connectivity index (χ2v) is 6.45. The molecule has 0 bridgehead atoms. The number of amides is 1. The lowest BCUT2D eigenvalue weighted by Gasteiger charge is -2.32. The monoisotopic (exact) mass is 374 g/mol. The fraction of sp³-hybridized carbons (Fsp3) is 0.450. The van der Waals surface area contributed by atoms with Crippen LogP contribution in [0.3, 0.4) is 0 Å². The Labute approximate surface area is 159 Å². The molecule has 1 amide bonds. The maximum atomic E-state index is 12.4. The van der Waals surface area contributed by atoms with Crippen LogP contribution in [0.5, 0.6) is 17.2 Å². The van der Waals surface area contributed by atoms with Gasteiger partial charge in [-0.15, -0.1) is 0 Å². The van der Waals surface area contributed by atoms with Crippen molar-refractivity contribution in [1.82, 2.24) is 10.2 Å². The lowest BCUT2D eigenvalue weighted by molar-refractivity contribution is 0.0704. The maximum absolute atomic E-state index is 12.4.